The van der Waals surface area contributed by atoms with Crippen molar-refractivity contribution in [3.8, 4) is 0 Å². The number of halogens is 4. The number of amides is 2. The van der Waals surface area contributed by atoms with Crippen LogP contribution in [-0.2, 0) is 21.9 Å². The van der Waals surface area contributed by atoms with Crippen LogP contribution in [-0.4, -0.2) is 34.6 Å². The van der Waals surface area contributed by atoms with Gasteiger partial charge in [-0.25, -0.2) is 4.39 Å². The van der Waals surface area contributed by atoms with Crippen molar-refractivity contribution in [3.63, 3.8) is 0 Å². The van der Waals surface area contributed by atoms with Crippen molar-refractivity contribution >= 4 is 58.4 Å². The summed E-state index contributed by atoms with van der Waals surface area (Å²) in [5.41, 5.74) is 1.07. The van der Waals surface area contributed by atoms with Crippen molar-refractivity contribution in [3.05, 3.63) is 68.4 Å². The number of rotatable bonds is 10. The van der Waals surface area contributed by atoms with Crippen LogP contribution in [0.3, 0.4) is 0 Å². The summed E-state index contributed by atoms with van der Waals surface area (Å²) in [4.78, 5) is 28.3. The van der Waals surface area contributed by atoms with Crippen LogP contribution in [0.25, 0.3) is 0 Å². The van der Waals surface area contributed by atoms with E-state index in [1.54, 1.807) is 35.2 Å². The van der Waals surface area contributed by atoms with Crippen molar-refractivity contribution in [2.24, 2.45) is 0 Å². The van der Waals surface area contributed by atoms with Crippen LogP contribution in [0, 0.1) is 5.82 Å². The van der Waals surface area contributed by atoms with E-state index in [2.05, 4.69) is 5.32 Å². The molecule has 1 aliphatic carbocycles. The molecule has 9 heteroatoms. The quantitative estimate of drug-likeness (QED) is 0.333. The average Bonchev–Trinajstić information content (AvgIpc) is 2.82. The second-order valence-electron chi connectivity index (χ2n) is 8.72. The van der Waals surface area contributed by atoms with E-state index in [-0.39, 0.29) is 35.9 Å². The molecule has 0 unspecified atom stereocenters. The van der Waals surface area contributed by atoms with Crippen LogP contribution in [0.2, 0.25) is 15.1 Å². The minimum atomic E-state index is -0.645. The SMILES string of the molecule is CC[C@@H](C(=O)NC1CCCCC1)N(Cc1ccc(Cl)cc1Cl)C(=O)CSCc1c(F)cccc1Cl. The number of benzene rings is 2. The zero-order valence-electron chi connectivity index (χ0n) is 19.7. The van der Waals surface area contributed by atoms with Gasteiger partial charge in [-0.05, 0) is 49.1 Å². The standard InChI is InChI=1S/C26H30Cl3FN2O2S/c1-2-24(26(34)31-19-7-4-3-5-8-19)32(14-17-11-12-18(27)13-22(17)29)25(33)16-35-15-20-21(28)9-6-10-23(20)30/h6,9-13,19,24H,2-5,7-8,14-16H2,1H3,(H,31,34)/t24-/m0/s1. The fourth-order valence-electron chi connectivity index (χ4n) is 4.29. The van der Waals surface area contributed by atoms with Gasteiger partial charge in [0, 0.05) is 39.0 Å². The molecule has 1 N–H and O–H groups in total. The normalized spacial score (nSPS) is 15.0. The van der Waals surface area contributed by atoms with Crippen LogP contribution in [0.5, 0.6) is 0 Å². The first-order chi connectivity index (χ1) is 16.8. The number of hydrogen-bond acceptors (Lipinski definition) is 3. The molecular weight excluding hydrogens is 530 g/mol. The predicted octanol–water partition coefficient (Wildman–Crippen LogP) is 7.28. The minimum absolute atomic E-state index is 0.0725. The van der Waals surface area contributed by atoms with Gasteiger partial charge in [-0.2, -0.15) is 0 Å². The van der Waals surface area contributed by atoms with E-state index in [0.717, 1.165) is 25.7 Å². The Kier molecular flexibility index (Phi) is 11.0. The van der Waals surface area contributed by atoms with Gasteiger partial charge < -0.3 is 10.2 Å². The third-order valence-corrected chi connectivity index (χ3v) is 8.11. The average molecular weight is 560 g/mol. The van der Waals surface area contributed by atoms with Gasteiger partial charge in [-0.3, -0.25) is 9.59 Å². The number of nitrogens with one attached hydrogen (secondary N) is 1. The van der Waals surface area contributed by atoms with Gasteiger partial charge in [0.25, 0.3) is 0 Å². The van der Waals surface area contributed by atoms with Crippen LogP contribution in [0.4, 0.5) is 4.39 Å². The molecule has 1 aliphatic rings. The fourth-order valence-corrected chi connectivity index (χ4v) is 6.01. The van der Waals surface area contributed by atoms with Crippen LogP contribution in [0.15, 0.2) is 36.4 Å². The van der Waals surface area contributed by atoms with Crippen molar-refractivity contribution < 1.29 is 14.0 Å². The molecule has 1 fully saturated rings. The van der Waals surface area contributed by atoms with Gasteiger partial charge in [0.2, 0.25) is 11.8 Å². The third kappa shape index (κ3) is 8.01. The predicted molar refractivity (Wildman–Crippen MR) is 144 cm³/mol. The first-order valence-corrected chi connectivity index (χ1v) is 14.1. The number of thioether (sulfide) groups is 1. The summed E-state index contributed by atoms with van der Waals surface area (Å²) < 4.78 is 14.1. The van der Waals surface area contributed by atoms with Gasteiger partial charge in [0.1, 0.15) is 11.9 Å². The fraction of sp³-hybridized carbons (Fsp3) is 0.462. The Morgan fingerprint density at radius 2 is 1.86 bits per heavy atom. The Hall–Kier alpha value is -1.47. The lowest BCUT2D eigenvalue weighted by Crippen LogP contribution is -2.52. The van der Waals surface area contributed by atoms with Gasteiger partial charge in [-0.15, -0.1) is 11.8 Å². The number of carbonyl (C=O) groups is 2. The lowest BCUT2D eigenvalue weighted by atomic mass is 9.95. The van der Waals surface area contributed by atoms with Crippen LogP contribution >= 0.6 is 46.6 Å². The van der Waals surface area contributed by atoms with Crippen molar-refractivity contribution in [1.82, 2.24) is 10.2 Å². The highest BCUT2D eigenvalue weighted by atomic mass is 35.5. The molecule has 1 saturated carbocycles. The Bertz CT molecular complexity index is 1010. The molecule has 1 atom stereocenters. The summed E-state index contributed by atoms with van der Waals surface area (Å²) in [5.74, 6) is -0.458. The smallest absolute Gasteiger partial charge is 0.243 e. The number of nitrogens with zero attached hydrogens (tertiary/aromatic N) is 1. The molecule has 0 saturated heterocycles. The van der Waals surface area contributed by atoms with Gasteiger partial charge >= 0.3 is 0 Å². The van der Waals surface area contributed by atoms with Crippen molar-refractivity contribution in [2.45, 2.75) is 69.8 Å². The second kappa shape index (κ2) is 13.7. The Morgan fingerprint density at radius 3 is 2.51 bits per heavy atom. The molecule has 0 bridgehead atoms. The maximum atomic E-state index is 14.1. The van der Waals surface area contributed by atoms with Crippen molar-refractivity contribution in [1.29, 1.82) is 0 Å². The summed E-state index contributed by atoms with van der Waals surface area (Å²) >= 11 is 19.8. The molecule has 2 aromatic carbocycles. The summed E-state index contributed by atoms with van der Waals surface area (Å²) in [6.07, 6.45) is 5.75. The zero-order valence-corrected chi connectivity index (χ0v) is 22.8. The Balaban J connectivity index is 1.76. The van der Waals surface area contributed by atoms with E-state index in [0.29, 0.717) is 32.6 Å². The van der Waals surface area contributed by atoms with E-state index in [9.17, 15) is 14.0 Å². The highest BCUT2D eigenvalue weighted by Gasteiger charge is 2.30. The molecule has 35 heavy (non-hydrogen) atoms. The van der Waals surface area contributed by atoms with E-state index >= 15 is 0 Å². The van der Waals surface area contributed by atoms with Gasteiger partial charge in [0.15, 0.2) is 0 Å². The first kappa shape index (κ1) is 28.1. The van der Waals surface area contributed by atoms with Crippen LogP contribution < -0.4 is 5.32 Å². The minimum Gasteiger partial charge on any atom is -0.352 e. The number of hydrogen-bond donors (Lipinski definition) is 1. The maximum absolute atomic E-state index is 14.1. The Labute approximate surface area is 225 Å². The molecule has 3 rings (SSSR count). The third-order valence-electron chi connectivity index (χ3n) is 6.23. The van der Waals surface area contributed by atoms with Crippen molar-refractivity contribution in [2.75, 3.05) is 5.75 Å². The van der Waals surface area contributed by atoms with E-state index < -0.39 is 11.9 Å². The molecule has 0 radical (unpaired) electrons. The zero-order chi connectivity index (χ0) is 25.4. The molecule has 0 spiro atoms. The molecule has 4 nitrogen and oxygen atoms in total. The number of carbonyl (C=O) groups excluding carboxylic acids is 2. The monoisotopic (exact) mass is 558 g/mol. The summed E-state index contributed by atoms with van der Waals surface area (Å²) in [6.45, 7) is 2.06. The molecule has 0 aromatic heterocycles. The molecule has 2 amide bonds. The maximum Gasteiger partial charge on any atom is 0.243 e. The molecule has 0 heterocycles. The topological polar surface area (TPSA) is 49.4 Å². The van der Waals surface area contributed by atoms with Gasteiger partial charge in [-0.1, -0.05) is 73.1 Å². The molecule has 2 aromatic rings. The summed E-state index contributed by atoms with van der Waals surface area (Å²) in [5, 5.41) is 4.41. The summed E-state index contributed by atoms with van der Waals surface area (Å²) in [6, 6.07) is 9.12. The Morgan fingerprint density at radius 1 is 1.11 bits per heavy atom. The lowest BCUT2D eigenvalue weighted by Gasteiger charge is -2.33. The van der Waals surface area contributed by atoms with Crippen LogP contribution in [0.1, 0.15) is 56.6 Å². The highest BCUT2D eigenvalue weighted by Crippen LogP contribution is 2.27. The first-order valence-electron chi connectivity index (χ1n) is 11.8. The molecule has 0 aliphatic heterocycles. The largest absolute Gasteiger partial charge is 0.352 e. The van der Waals surface area contributed by atoms with E-state index in [1.807, 2.05) is 6.92 Å². The lowest BCUT2D eigenvalue weighted by molar-refractivity contribution is -0.139. The summed E-state index contributed by atoms with van der Waals surface area (Å²) in [7, 11) is 0. The van der Waals surface area contributed by atoms with Gasteiger partial charge in [0.05, 0.1) is 5.75 Å². The molecule has 190 valence electrons. The second-order valence-corrected chi connectivity index (χ2v) is 11.0. The molecular formula is C26H30Cl3FN2O2S. The highest BCUT2D eigenvalue weighted by molar-refractivity contribution is 7.99. The van der Waals surface area contributed by atoms with E-state index in [4.69, 9.17) is 34.8 Å². The van der Waals surface area contributed by atoms with E-state index in [1.165, 1.54) is 24.2 Å².